The molecule has 158 valence electrons. The first-order valence-corrected chi connectivity index (χ1v) is 10.7. The molecule has 0 unspecified atom stereocenters. The summed E-state index contributed by atoms with van der Waals surface area (Å²) < 4.78 is 32.2. The molecular weight excluding hydrogens is 376 g/mol. The second-order valence-electron chi connectivity index (χ2n) is 8.65. The van der Waals surface area contributed by atoms with Crippen molar-refractivity contribution in [2.24, 2.45) is 5.92 Å². The SMILES string of the molecule is CC(=O)N[C@H]1CC[C@H](CCN2CCC(c3noc4cc(F)c(F)cc34)CC2)CC1. The van der Waals surface area contributed by atoms with E-state index in [1.165, 1.54) is 25.3 Å². The molecule has 7 heteroatoms. The van der Waals surface area contributed by atoms with E-state index in [0.29, 0.717) is 17.0 Å². The predicted octanol–water partition coefficient (Wildman–Crippen LogP) is 4.37. The maximum Gasteiger partial charge on any atom is 0.217 e. The van der Waals surface area contributed by atoms with Crippen molar-refractivity contribution in [3.05, 3.63) is 29.5 Å². The molecule has 1 saturated heterocycles. The minimum Gasteiger partial charge on any atom is -0.356 e. The molecule has 0 radical (unpaired) electrons. The summed E-state index contributed by atoms with van der Waals surface area (Å²) in [6.07, 6.45) is 7.66. The molecule has 1 N–H and O–H groups in total. The van der Waals surface area contributed by atoms with Gasteiger partial charge < -0.3 is 14.7 Å². The van der Waals surface area contributed by atoms with Crippen molar-refractivity contribution in [2.45, 2.75) is 63.8 Å². The molecule has 29 heavy (non-hydrogen) atoms. The first-order chi connectivity index (χ1) is 14.0. The van der Waals surface area contributed by atoms with Crippen LogP contribution < -0.4 is 5.32 Å². The van der Waals surface area contributed by atoms with Crippen LogP contribution in [0.4, 0.5) is 8.78 Å². The normalized spacial score (nSPS) is 24.1. The number of hydrogen-bond donors (Lipinski definition) is 1. The fraction of sp³-hybridized carbons (Fsp3) is 0.636. The maximum atomic E-state index is 13.6. The third kappa shape index (κ3) is 4.77. The Labute approximate surface area is 169 Å². The molecule has 1 saturated carbocycles. The van der Waals surface area contributed by atoms with Crippen LogP contribution in [-0.4, -0.2) is 41.6 Å². The number of amides is 1. The Hall–Kier alpha value is -2.02. The first kappa shape index (κ1) is 20.3. The number of likely N-dealkylation sites (tertiary alicyclic amines) is 1. The van der Waals surface area contributed by atoms with Gasteiger partial charge in [-0.15, -0.1) is 0 Å². The molecule has 0 bridgehead atoms. The lowest BCUT2D eigenvalue weighted by Crippen LogP contribution is -2.37. The molecule has 5 nitrogen and oxygen atoms in total. The summed E-state index contributed by atoms with van der Waals surface area (Å²) in [5.41, 5.74) is 1.08. The Morgan fingerprint density at radius 1 is 1.14 bits per heavy atom. The molecular formula is C22H29F2N3O2. The van der Waals surface area contributed by atoms with E-state index in [4.69, 9.17) is 4.52 Å². The van der Waals surface area contributed by atoms with Gasteiger partial charge in [-0.3, -0.25) is 4.79 Å². The summed E-state index contributed by atoms with van der Waals surface area (Å²) in [7, 11) is 0. The van der Waals surface area contributed by atoms with Crippen LogP contribution in [0.2, 0.25) is 0 Å². The summed E-state index contributed by atoms with van der Waals surface area (Å²) in [6.45, 7) is 4.67. The number of rotatable bonds is 5. The summed E-state index contributed by atoms with van der Waals surface area (Å²) in [5.74, 6) is -0.710. The van der Waals surface area contributed by atoms with Gasteiger partial charge >= 0.3 is 0 Å². The largest absolute Gasteiger partial charge is 0.356 e. The summed E-state index contributed by atoms with van der Waals surface area (Å²) in [4.78, 5) is 13.7. The lowest BCUT2D eigenvalue weighted by Gasteiger charge is -2.34. The third-order valence-electron chi connectivity index (χ3n) is 6.62. The van der Waals surface area contributed by atoms with Crippen molar-refractivity contribution in [1.82, 2.24) is 15.4 Å². The zero-order valence-electron chi connectivity index (χ0n) is 16.9. The molecule has 2 aliphatic rings. The minimum atomic E-state index is -0.902. The van der Waals surface area contributed by atoms with Crippen molar-refractivity contribution >= 4 is 16.9 Å². The van der Waals surface area contributed by atoms with E-state index in [-0.39, 0.29) is 11.8 Å². The number of benzene rings is 1. The van der Waals surface area contributed by atoms with Gasteiger partial charge in [0.25, 0.3) is 0 Å². The second kappa shape index (κ2) is 8.78. The van der Waals surface area contributed by atoms with Gasteiger partial charge in [0.1, 0.15) is 0 Å². The van der Waals surface area contributed by atoms with Crippen LogP contribution in [0.1, 0.15) is 63.5 Å². The second-order valence-corrected chi connectivity index (χ2v) is 8.65. The van der Waals surface area contributed by atoms with Gasteiger partial charge in [-0.25, -0.2) is 8.78 Å². The monoisotopic (exact) mass is 405 g/mol. The number of nitrogens with one attached hydrogen (secondary N) is 1. The highest BCUT2D eigenvalue weighted by molar-refractivity contribution is 5.80. The van der Waals surface area contributed by atoms with E-state index in [9.17, 15) is 13.6 Å². The number of hydrogen-bond acceptors (Lipinski definition) is 4. The molecule has 2 fully saturated rings. The molecule has 1 amide bonds. The smallest absolute Gasteiger partial charge is 0.217 e. The topological polar surface area (TPSA) is 58.4 Å². The van der Waals surface area contributed by atoms with Crippen LogP contribution in [0.15, 0.2) is 16.7 Å². The van der Waals surface area contributed by atoms with E-state index >= 15 is 0 Å². The van der Waals surface area contributed by atoms with Crippen LogP contribution in [0.3, 0.4) is 0 Å². The number of aromatic nitrogens is 1. The predicted molar refractivity (Wildman–Crippen MR) is 107 cm³/mol. The van der Waals surface area contributed by atoms with Gasteiger partial charge in [-0.2, -0.15) is 0 Å². The van der Waals surface area contributed by atoms with E-state index in [1.54, 1.807) is 6.92 Å². The number of carbonyl (C=O) groups is 1. The third-order valence-corrected chi connectivity index (χ3v) is 6.62. The number of nitrogens with zero attached hydrogens (tertiary/aromatic N) is 2. The fourth-order valence-corrected chi connectivity index (χ4v) is 4.92. The highest BCUT2D eigenvalue weighted by Gasteiger charge is 2.27. The Morgan fingerprint density at radius 3 is 2.52 bits per heavy atom. The molecule has 2 aromatic rings. The molecule has 2 heterocycles. The van der Waals surface area contributed by atoms with Gasteiger partial charge in [-0.1, -0.05) is 5.16 Å². The first-order valence-electron chi connectivity index (χ1n) is 10.7. The van der Waals surface area contributed by atoms with E-state index in [0.717, 1.165) is 63.0 Å². The quantitative estimate of drug-likeness (QED) is 0.803. The van der Waals surface area contributed by atoms with Gasteiger partial charge in [0.15, 0.2) is 17.2 Å². The Kier molecular flexibility index (Phi) is 6.13. The van der Waals surface area contributed by atoms with E-state index < -0.39 is 11.6 Å². The molecule has 1 aliphatic heterocycles. The van der Waals surface area contributed by atoms with E-state index in [2.05, 4.69) is 15.4 Å². The van der Waals surface area contributed by atoms with Crippen molar-refractivity contribution in [1.29, 1.82) is 0 Å². The van der Waals surface area contributed by atoms with Gasteiger partial charge in [0.05, 0.1) is 5.69 Å². The van der Waals surface area contributed by atoms with Crippen LogP contribution >= 0.6 is 0 Å². The summed E-state index contributed by atoms with van der Waals surface area (Å²) >= 11 is 0. The lowest BCUT2D eigenvalue weighted by atomic mass is 9.83. The highest BCUT2D eigenvalue weighted by Crippen LogP contribution is 2.34. The van der Waals surface area contributed by atoms with Gasteiger partial charge in [-0.05, 0) is 76.6 Å². The molecule has 1 aliphatic carbocycles. The number of carbonyl (C=O) groups excluding carboxylic acids is 1. The van der Waals surface area contributed by atoms with Crippen LogP contribution in [-0.2, 0) is 4.79 Å². The van der Waals surface area contributed by atoms with Crippen LogP contribution in [0.25, 0.3) is 11.0 Å². The minimum absolute atomic E-state index is 0.0732. The van der Waals surface area contributed by atoms with Crippen molar-refractivity contribution in [2.75, 3.05) is 19.6 Å². The van der Waals surface area contributed by atoms with E-state index in [1.807, 2.05) is 0 Å². The molecule has 0 atom stereocenters. The Bertz CT molecular complexity index is 853. The number of halogens is 2. The van der Waals surface area contributed by atoms with Crippen molar-refractivity contribution in [3.63, 3.8) is 0 Å². The standard InChI is InChI=1S/C22H29F2N3O2/c1-14(28)25-17-4-2-15(3-5-17)6-9-27-10-7-16(8-11-27)22-18-12-19(23)20(24)13-21(18)29-26-22/h12-13,15-17H,2-11H2,1H3,(H,25,28)/t15-,17-. The van der Waals surface area contributed by atoms with Crippen LogP contribution in [0.5, 0.6) is 0 Å². The summed E-state index contributed by atoms with van der Waals surface area (Å²) in [5, 5.41) is 7.75. The maximum absolute atomic E-state index is 13.6. The van der Waals surface area contributed by atoms with Crippen LogP contribution in [0, 0.1) is 17.6 Å². The molecule has 4 rings (SSSR count). The summed E-state index contributed by atoms with van der Waals surface area (Å²) in [6, 6.07) is 2.65. The molecule has 0 spiro atoms. The lowest BCUT2D eigenvalue weighted by molar-refractivity contribution is -0.119. The Balaban J connectivity index is 1.24. The zero-order valence-corrected chi connectivity index (χ0v) is 16.9. The average molecular weight is 405 g/mol. The number of fused-ring (bicyclic) bond motifs is 1. The average Bonchev–Trinajstić information content (AvgIpc) is 3.10. The van der Waals surface area contributed by atoms with Crippen molar-refractivity contribution < 1.29 is 18.1 Å². The fourth-order valence-electron chi connectivity index (χ4n) is 4.92. The molecule has 1 aromatic heterocycles. The van der Waals surface area contributed by atoms with Gasteiger partial charge in [0.2, 0.25) is 5.91 Å². The highest BCUT2D eigenvalue weighted by atomic mass is 19.2. The Morgan fingerprint density at radius 2 is 1.83 bits per heavy atom. The zero-order chi connectivity index (χ0) is 20.4. The van der Waals surface area contributed by atoms with Crippen molar-refractivity contribution in [3.8, 4) is 0 Å². The van der Waals surface area contributed by atoms with Gasteiger partial charge in [0, 0.05) is 30.3 Å². The number of piperidine rings is 1. The molecule has 1 aromatic carbocycles.